The number of hydrogen-bond acceptors (Lipinski definition) is 5. The van der Waals surface area contributed by atoms with Crippen LogP contribution in [0.2, 0.25) is 0 Å². The number of carbonyl (C=O) groups excluding carboxylic acids is 1. The van der Waals surface area contributed by atoms with Gasteiger partial charge in [-0.1, -0.05) is 30.3 Å². The molecule has 0 unspecified atom stereocenters. The maximum atomic E-state index is 11.6. The molecule has 0 aromatic heterocycles. The topological polar surface area (TPSA) is 122 Å². The molecule has 1 atom stereocenters. The van der Waals surface area contributed by atoms with Crippen molar-refractivity contribution in [2.75, 3.05) is 6.61 Å². The number of hydrogen-bond donors (Lipinski definition) is 3. The summed E-state index contributed by atoms with van der Waals surface area (Å²) in [4.78, 5) is 22.2. The monoisotopic (exact) mass is 316 g/mol. The Labute approximate surface area is 122 Å². The zero-order valence-electron chi connectivity index (χ0n) is 11.3. The number of aliphatic carboxylic acids is 1. The van der Waals surface area contributed by atoms with Gasteiger partial charge in [0, 0.05) is 0 Å². The van der Waals surface area contributed by atoms with Crippen molar-refractivity contribution >= 4 is 22.3 Å². The maximum absolute atomic E-state index is 11.6. The first-order valence-corrected chi connectivity index (χ1v) is 7.56. The molecule has 0 aliphatic rings. The van der Waals surface area contributed by atoms with Crippen LogP contribution in [0.1, 0.15) is 12.5 Å². The fraction of sp³-hybridized carbons (Fsp3) is 0.333. The molecule has 0 bridgehead atoms. The number of benzene rings is 1. The molecule has 0 spiro atoms. The van der Waals surface area contributed by atoms with Gasteiger partial charge in [-0.05, 0) is 18.9 Å². The molecule has 0 saturated heterocycles. The molecule has 9 heteroatoms. The average Bonchev–Trinajstić information content (AvgIpc) is 2.38. The fourth-order valence-electron chi connectivity index (χ4n) is 1.52. The van der Waals surface area contributed by atoms with Crippen molar-refractivity contribution in [3.8, 4) is 0 Å². The Morgan fingerprint density at radius 2 is 1.90 bits per heavy atom. The van der Waals surface area contributed by atoms with Gasteiger partial charge in [-0.2, -0.15) is 13.1 Å². The van der Waals surface area contributed by atoms with Crippen LogP contribution < -0.4 is 9.44 Å². The number of amides is 1. The normalized spacial score (nSPS) is 12.4. The van der Waals surface area contributed by atoms with Gasteiger partial charge in [0.2, 0.25) is 0 Å². The predicted molar refractivity (Wildman–Crippen MR) is 73.8 cm³/mol. The Bertz CT molecular complexity index is 587. The predicted octanol–water partition coefficient (Wildman–Crippen LogP) is 0.263. The summed E-state index contributed by atoms with van der Waals surface area (Å²) in [5, 5.41) is 9.06. The highest BCUT2D eigenvalue weighted by molar-refractivity contribution is 7.88. The van der Waals surface area contributed by atoms with E-state index in [-0.39, 0.29) is 13.0 Å². The van der Waals surface area contributed by atoms with E-state index < -0.39 is 28.3 Å². The van der Waals surface area contributed by atoms with Crippen LogP contribution in [0, 0.1) is 0 Å². The van der Waals surface area contributed by atoms with Crippen molar-refractivity contribution in [1.29, 1.82) is 0 Å². The van der Waals surface area contributed by atoms with Crippen LogP contribution in [0.5, 0.6) is 0 Å². The molecule has 0 saturated carbocycles. The zero-order chi connectivity index (χ0) is 15.9. The Kier molecular flexibility index (Phi) is 6.12. The van der Waals surface area contributed by atoms with Gasteiger partial charge in [-0.25, -0.2) is 9.52 Å². The molecule has 1 rings (SSSR count). The third-order valence-electron chi connectivity index (χ3n) is 2.37. The van der Waals surface area contributed by atoms with Crippen LogP contribution >= 0.6 is 0 Å². The van der Waals surface area contributed by atoms with E-state index in [1.165, 1.54) is 6.92 Å². The lowest BCUT2D eigenvalue weighted by molar-refractivity contribution is -0.138. The molecule has 0 aliphatic carbocycles. The lowest BCUT2D eigenvalue weighted by Gasteiger charge is -2.15. The van der Waals surface area contributed by atoms with E-state index in [0.29, 0.717) is 5.56 Å². The third kappa shape index (κ3) is 6.23. The molecule has 1 amide bonds. The number of carbonyl (C=O) groups is 2. The summed E-state index contributed by atoms with van der Waals surface area (Å²) in [5.41, 5.74) is 0.642. The second-order valence-corrected chi connectivity index (χ2v) is 5.47. The van der Waals surface area contributed by atoms with Crippen LogP contribution in [-0.2, 0) is 26.2 Å². The standard InChI is InChI=1S/C12H16N2O6S/c1-2-20-12(17)14-21(18,19)13-10(11(15)16)8-9-6-4-3-5-7-9/h3-7,10,13H,2,8H2,1H3,(H,14,17)(H,15,16)/t10-/m0/s1. The quantitative estimate of drug-likeness (QED) is 0.663. The number of rotatable bonds is 7. The molecule has 0 radical (unpaired) electrons. The van der Waals surface area contributed by atoms with Crippen molar-refractivity contribution in [2.24, 2.45) is 0 Å². The van der Waals surface area contributed by atoms with Crippen molar-refractivity contribution < 1.29 is 27.9 Å². The van der Waals surface area contributed by atoms with Gasteiger partial charge in [0.25, 0.3) is 0 Å². The van der Waals surface area contributed by atoms with Crippen LogP contribution in [0.3, 0.4) is 0 Å². The molecular weight excluding hydrogens is 300 g/mol. The minimum atomic E-state index is -4.32. The summed E-state index contributed by atoms with van der Waals surface area (Å²) < 4.78 is 31.1. The molecule has 3 N–H and O–H groups in total. The van der Waals surface area contributed by atoms with Crippen molar-refractivity contribution in [1.82, 2.24) is 9.44 Å². The second kappa shape index (κ2) is 7.60. The Hall–Kier alpha value is -2.13. The van der Waals surface area contributed by atoms with E-state index in [0.717, 1.165) is 0 Å². The minimum absolute atomic E-state index is 0.00622. The molecule has 21 heavy (non-hydrogen) atoms. The average molecular weight is 316 g/mol. The maximum Gasteiger partial charge on any atom is 0.421 e. The van der Waals surface area contributed by atoms with Gasteiger partial charge in [-0.3, -0.25) is 4.79 Å². The highest BCUT2D eigenvalue weighted by Gasteiger charge is 2.25. The molecule has 1 aromatic carbocycles. The highest BCUT2D eigenvalue weighted by atomic mass is 32.2. The van der Waals surface area contributed by atoms with Crippen molar-refractivity contribution in [3.63, 3.8) is 0 Å². The SMILES string of the molecule is CCOC(=O)NS(=O)(=O)N[C@@H](Cc1ccccc1)C(=O)O. The lowest BCUT2D eigenvalue weighted by atomic mass is 10.1. The van der Waals surface area contributed by atoms with Crippen LogP contribution in [0.4, 0.5) is 4.79 Å². The first kappa shape index (κ1) is 16.9. The molecular formula is C12H16N2O6S. The molecule has 0 fully saturated rings. The number of nitrogens with one attached hydrogen (secondary N) is 2. The van der Waals surface area contributed by atoms with E-state index in [9.17, 15) is 18.0 Å². The van der Waals surface area contributed by atoms with E-state index in [2.05, 4.69) is 4.74 Å². The summed E-state index contributed by atoms with van der Waals surface area (Å²) in [6.45, 7) is 1.50. The largest absolute Gasteiger partial charge is 0.480 e. The first-order valence-electron chi connectivity index (χ1n) is 6.07. The Morgan fingerprint density at radius 3 is 2.43 bits per heavy atom. The second-order valence-electron chi connectivity index (χ2n) is 4.02. The van der Waals surface area contributed by atoms with Crippen molar-refractivity contribution in [2.45, 2.75) is 19.4 Å². The summed E-state index contributed by atoms with van der Waals surface area (Å²) in [6.07, 6.45) is -1.23. The highest BCUT2D eigenvalue weighted by Crippen LogP contribution is 2.04. The van der Waals surface area contributed by atoms with E-state index in [4.69, 9.17) is 5.11 Å². The Morgan fingerprint density at radius 1 is 1.29 bits per heavy atom. The lowest BCUT2D eigenvalue weighted by Crippen LogP contribution is -2.49. The fourth-order valence-corrected chi connectivity index (χ4v) is 2.41. The minimum Gasteiger partial charge on any atom is -0.480 e. The van der Waals surface area contributed by atoms with Gasteiger partial charge < -0.3 is 9.84 Å². The summed E-state index contributed by atoms with van der Waals surface area (Å²) >= 11 is 0. The van der Waals surface area contributed by atoms with Gasteiger partial charge in [0.1, 0.15) is 6.04 Å². The summed E-state index contributed by atoms with van der Waals surface area (Å²) in [7, 11) is -4.32. The number of carboxylic acids is 1. The number of carboxylic acid groups (broad SMARTS) is 1. The smallest absolute Gasteiger partial charge is 0.421 e. The van der Waals surface area contributed by atoms with Crippen molar-refractivity contribution in [3.05, 3.63) is 35.9 Å². The van der Waals surface area contributed by atoms with E-state index in [1.54, 1.807) is 35.1 Å². The summed E-state index contributed by atoms with van der Waals surface area (Å²) in [5.74, 6) is -1.35. The molecule has 8 nitrogen and oxygen atoms in total. The molecule has 0 heterocycles. The first-order chi connectivity index (χ1) is 9.84. The molecule has 0 aliphatic heterocycles. The Balaban J connectivity index is 2.74. The van der Waals surface area contributed by atoms with E-state index in [1.807, 2.05) is 4.72 Å². The van der Waals surface area contributed by atoms with Gasteiger partial charge in [0.15, 0.2) is 0 Å². The van der Waals surface area contributed by atoms with Crippen LogP contribution in [0.15, 0.2) is 30.3 Å². The van der Waals surface area contributed by atoms with Gasteiger partial charge in [0.05, 0.1) is 6.61 Å². The molecule has 1 aromatic rings. The molecule has 116 valence electrons. The van der Waals surface area contributed by atoms with E-state index >= 15 is 0 Å². The van der Waals surface area contributed by atoms with Gasteiger partial charge >= 0.3 is 22.3 Å². The third-order valence-corrected chi connectivity index (χ3v) is 3.40. The summed E-state index contributed by atoms with van der Waals surface area (Å²) in [6, 6.07) is 7.11. The zero-order valence-corrected chi connectivity index (χ0v) is 12.1. The number of ether oxygens (including phenoxy) is 1. The van der Waals surface area contributed by atoms with Crippen LogP contribution in [0.25, 0.3) is 0 Å². The van der Waals surface area contributed by atoms with Crippen LogP contribution in [-0.4, -0.2) is 38.2 Å². The van der Waals surface area contributed by atoms with Gasteiger partial charge in [-0.15, -0.1) is 0 Å².